The first-order valence-electron chi connectivity index (χ1n) is 6.03. The molecule has 2 rings (SSSR count). The Bertz CT molecular complexity index is 683. The van der Waals surface area contributed by atoms with Crippen LogP contribution >= 0.6 is 22.6 Å². The second-order valence-corrected chi connectivity index (χ2v) is 5.62. The number of anilines is 1. The highest BCUT2D eigenvalue weighted by Crippen LogP contribution is 2.34. The number of halogens is 4. The molecule has 1 amide bonds. The van der Waals surface area contributed by atoms with Gasteiger partial charge >= 0.3 is 6.18 Å². The first kappa shape index (κ1) is 15.8. The van der Waals surface area contributed by atoms with E-state index in [9.17, 15) is 18.0 Å². The summed E-state index contributed by atoms with van der Waals surface area (Å²) in [4.78, 5) is 12.1. The van der Waals surface area contributed by atoms with Gasteiger partial charge in [-0.05, 0) is 59.3 Å². The summed E-state index contributed by atoms with van der Waals surface area (Å²) in [6, 6.07) is 9.89. The van der Waals surface area contributed by atoms with Crippen LogP contribution in [0.5, 0.6) is 0 Å². The van der Waals surface area contributed by atoms with Crippen LogP contribution in [0.3, 0.4) is 0 Å². The number of carbonyl (C=O) groups is 1. The molecule has 0 aromatic heterocycles. The van der Waals surface area contributed by atoms with Crippen LogP contribution in [0.1, 0.15) is 21.5 Å². The lowest BCUT2D eigenvalue weighted by Gasteiger charge is -2.13. The molecule has 0 heterocycles. The van der Waals surface area contributed by atoms with Crippen molar-refractivity contribution in [3.8, 4) is 0 Å². The van der Waals surface area contributed by atoms with E-state index in [1.54, 1.807) is 18.2 Å². The molecular weight excluding hydrogens is 394 g/mol. The van der Waals surface area contributed by atoms with Crippen LogP contribution in [0.4, 0.5) is 18.9 Å². The van der Waals surface area contributed by atoms with Crippen molar-refractivity contribution in [2.45, 2.75) is 13.1 Å². The quantitative estimate of drug-likeness (QED) is 0.710. The molecule has 0 radical (unpaired) electrons. The second kappa shape index (κ2) is 6.05. The molecule has 2 aromatic rings. The summed E-state index contributed by atoms with van der Waals surface area (Å²) in [6.45, 7) is 1.89. The van der Waals surface area contributed by atoms with Crippen molar-refractivity contribution < 1.29 is 18.0 Å². The fourth-order valence-electron chi connectivity index (χ4n) is 1.77. The Balaban J connectivity index is 2.30. The van der Waals surface area contributed by atoms with Crippen molar-refractivity contribution in [2.24, 2.45) is 0 Å². The van der Waals surface area contributed by atoms with Gasteiger partial charge in [-0.15, -0.1) is 0 Å². The van der Waals surface area contributed by atoms with Crippen molar-refractivity contribution in [1.29, 1.82) is 0 Å². The molecule has 0 unspecified atom stereocenters. The minimum Gasteiger partial charge on any atom is -0.321 e. The highest BCUT2D eigenvalue weighted by atomic mass is 127. The largest absolute Gasteiger partial charge is 0.418 e. The van der Waals surface area contributed by atoms with Gasteiger partial charge in [0.25, 0.3) is 5.91 Å². The number of alkyl halides is 3. The summed E-state index contributed by atoms with van der Waals surface area (Å²) in [7, 11) is 0. The second-order valence-electron chi connectivity index (χ2n) is 4.46. The van der Waals surface area contributed by atoms with Gasteiger partial charge in [-0.2, -0.15) is 13.2 Å². The molecule has 0 fully saturated rings. The Hall–Kier alpha value is -1.57. The van der Waals surface area contributed by atoms with Crippen LogP contribution in [0.2, 0.25) is 0 Å². The molecule has 0 spiro atoms. The molecule has 0 aliphatic heterocycles. The van der Waals surface area contributed by atoms with Crippen molar-refractivity contribution in [2.75, 3.05) is 5.32 Å². The summed E-state index contributed by atoms with van der Waals surface area (Å²) in [5, 5.41) is 2.32. The molecule has 0 aliphatic carbocycles. The van der Waals surface area contributed by atoms with E-state index in [1.165, 1.54) is 18.2 Å². The molecule has 0 saturated heterocycles. The number of amides is 1. The van der Waals surface area contributed by atoms with Gasteiger partial charge < -0.3 is 5.32 Å². The van der Waals surface area contributed by atoms with Gasteiger partial charge in [0, 0.05) is 9.13 Å². The molecule has 0 saturated carbocycles. The molecule has 2 nitrogen and oxygen atoms in total. The molecule has 2 aromatic carbocycles. The zero-order valence-corrected chi connectivity index (χ0v) is 13.1. The Kier molecular flexibility index (Phi) is 4.55. The lowest BCUT2D eigenvalue weighted by Crippen LogP contribution is -2.16. The van der Waals surface area contributed by atoms with Crippen LogP contribution in [0.15, 0.2) is 42.5 Å². The molecule has 1 N–H and O–H groups in total. The minimum absolute atomic E-state index is 0.245. The van der Waals surface area contributed by atoms with Gasteiger partial charge in [-0.3, -0.25) is 4.79 Å². The summed E-state index contributed by atoms with van der Waals surface area (Å²) >= 11 is 2.07. The summed E-state index contributed by atoms with van der Waals surface area (Å²) < 4.78 is 39.5. The average Bonchev–Trinajstić information content (AvgIpc) is 2.41. The van der Waals surface area contributed by atoms with Crippen molar-refractivity contribution in [1.82, 2.24) is 0 Å². The SMILES string of the molecule is Cc1ccc(C(=O)Nc2ccccc2C(F)(F)F)cc1I. The maximum Gasteiger partial charge on any atom is 0.418 e. The van der Waals surface area contributed by atoms with E-state index < -0.39 is 17.6 Å². The van der Waals surface area contributed by atoms with E-state index >= 15 is 0 Å². The number of carbonyl (C=O) groups excluding carboxylic acids is 1. The van der Waals surface area contributed by atoms with E-state index in [-0.39, 0.29) is 5.69 Å². The van der Waals surface area contributed by atoms with Crippen molar-refractivity contribution in [3.05, 3.63) is 62.7 Å². The molecule has 0 bridgehead atoms. The normalized spacial score (nSPS) is 11.3. The van der Waals surface area contributed by atoms with E-state index in [1.807, 2.05) is 6.92 Å². The van der Waals surface area contributed by atoms with Crippen LogP contribution in [0, 0.1) is 10.5 Å². The van der Waals surface area contributed by atoms with Gasteiger partial charge in [0.15, 0.2) is 0 Å². The highest BCUT2D eigenvalue weighted by Gasteiger charge is 2.33. The first-order chi connectivity index (χ1) is 9.79. The van der Waals surface area contributed by atoms with Gasteiger partial charge in [-0.25, -0.2) is 0 Å². The van der Waals surface area contributed by atoms with Gasteiger partial charge in [-0.1, -0.05) is 18.2 Å². The van der Waals surface area contributed by atoms with Crippen molar-refractivity contribution in [3.63, 3.8) is 0 Å². The van der Waals surface area contributed by atoms with Gasteiger partial charge in [0.05, 0.1) is 11.3 Å². The fraction of sp³-hybridized carbons (Fsp3) is 0.133. The molecule has 110 valence electrons. The van der Waals surface area contributed by atoms with Crippen LogP contribution in [-0.2, 0) is 6.18 Å². The Morgan fingerprint density at radius 2 is 1.81 bits per heavy atom. The number of para-hydroxylation sites is 1. The van der Waals surface area contributed by atoms with Crippen molar-refractivity contribution >= 4 is 34.2 Å². The standard InChI is InChI=1S/C15H11F3INO/c1-9-6-7-10(8-12(9)19)14(21)20-13-5-3-2-4-11(13)15(16,17)18/h2-8H,1H3,(H,20,21). The van der Waals surface area contributed by atoms with E-state index in [4.69, 9.17) is 0 Å². The molecule has 6 heteroatoms. The summed E-state index contributed by atoms with van der Waals surface area (Å²) in [5.74, 6) is -0.565. The van der Waals surface area contributed by atoms with E-state index in [0.717, 1.165) is 15.2 Å². The molecule has 0 atom stereocenters. The third kappa shape index (κ3) is 3.75. The van der Waals surface area contributed by atoms with Crippen LogP contribution < -0.4 is 5.32 Å². The zero-order chi connectivity index (χ0) is 15.6. The summed E-state index contributed by atoms with van der Waals surface area (Å²) in [6.07, 6.45) is -4.51. The smallest absolute Gasteiger partial charge is 0.321 e. The lowest BCUT2D eigenvalue weighted by atomic mass is 10.1. The zero-order valence-electron chi connectivity index (χ0n) is 11.0. The maximum atomic E-state index is 12.9. The maximum absolute atomic E-state index is 12.9. The predicted octanol–water partition coefficient (Wildman–Crippen LogP) is 4.87. The molecule has 21 heavy (non-hydrogen) atoms. The summed E-state index contributed by atoms with van der Waals surface area (Å²) in [5.41, 5.74) is 0.218. The number of nitrogens with one attached hydrogen (secondary N) is 1. The molecular formula is C15H11F3INO. The Labute approximate surface area is 133 Å². The third-order valence-corrected chi connectivity index (χ3v) is 4.08. The Morgan fingerprint density at radius 3 is 2.43 bits per heavy atom. The predicted molar refractivity (Wildman–Crippen MR) is 83.3 cm³/mol. The lowest BCUT2D eigenvalue weighted by molar-refractivity contribution is -0.136. The Morgan fingerprint density at radius 1 is 1.14 bits per heavy atom. The average molecular weight is 405 g/mol. The van der Waals surface area contributed by atoms with E-state index in [2.05, 4.69) is 27.9 Å². The van der Waals surface area contributed by atoms with Gasteiger partial charge in [0.1, 0.15) is 0 Å². The number of benzene rings is 2. The fourth-order valence-corrected chi connectivity index (χ4v) is 2.28. The third-order valence-electron chi connectivity index (χ3n) is 2.91. The first-order valence-corrected chi connectivity index (χ1v) is 7.10. The minimum atomic E-state index is -4.51. The number of aryl methyl sites for hydroxylation is 1. The van der Waals surface area contributed by atoms with Crippen LogP contribution in [-0.4, -0.2) is 5.91 Å². The highest BCUT2D eigenvalue weighted by molar-refractivity contribution is 14.1. The topological polar surface area (TPSA) is 29.1 Å². The molecule has 0 aliphatic rings. The number of rotatable bonds is 2. The van der Waals surface area contributed by atoms with Gasteiger partial charge in [0.2, 0.25) is 0 Å². The number of hydrogen-bond donors (Lipinski definition) is 1. The monoisotopic (exact) mass is 405 g/mol. The van der Waals surface area contributed by atoms with Crippen LogP contribution in [0.25, 0.3) is 0 Å². The number of hydrogen-bond acceptors (Lipinski definition) is 1. The van der Waals surface area contributed by atoms with E-state index in [0.29, 0.717) is 5.56 Å².